The SMILES string of the molecule is CC1(c2nn[nH]n2)CN(C(=O)c2ccc(N)nc2Cl)C1. The molecule has 0 aliphatic carbocycles. The number of H-pyrrole nitrogens is 1. The van der Waals surface area contributed by atoms with Gasteiger partial charge in [0, 0.05) is 13.1 Å². The van der Waals surface area contributed by atoms with E-state index in [1.165, 1.54) is 0 Å². The lowest BCUT2D eigenvalue weighted by molar-refractivity contribution is 0.0413. The van der Waals surface area contributed by atoms with E-state index in [4.69, 9.17) is 17.3 Å². The number of nitrogens with one attached hydrogen (secondary N) is 1. The Morgan fingerprint density at radius 3 is 2.85 bits per heavy atom. The van der Waals surface area contributed by atoms with Crippen molar-refractivity contribution in [2.45, 2.75) is 12.3 Å². The molecule has 0 saturated carbocycles. The minimum absolute atomic E-state index is 0.114. The molecule has 1 aliphatic heterocycles. The van der Waals surface area contributed by atoms with Crippen molar-refractivity contribution in [3.63, 3.8) is 0 Å². The number of hydrogen-bond acceptors (Lipinski definition) is 6. The van der Waals surface area contributed by atoms with Gasteiger partial charge in [0.15, 0.2) is 5.82 Å². The van der Waals surface area contributed by atoms with Gasteiger partial charge in [-0.2, -0.15) is 5.21 Å². The van der Waals surface area contributed by atoms with E-state index in [9.17, 15) is 4.79 Å². The number of nitrogen functional groups attached to an aromatic ring is 1. The molecular weight excluding hydrogens is 282 g/mol. The Labute approximate surface area is 119 Å². The van der Waals surface area contributed by atoms with Crippen molar-refractivity contribution < 1.29 is 4.79 Å². The van der Waals surface area contributed by atoms with Crippen molar-refractivity contribution in [2.75, 3.05) is 18.8 Å². The van der Waals surface area contributed by atoms with E-state index in [0.29, 0.717) is 24.5 Å². The van der Waals surface area contributed by atoms with Crippen LogP contribution in [0.4, 0.5) is 5.82 Å². The van der Waals surface area contributed by atoms with Crippen LogP contribution in [-0.4, -0.2) is 49.5 Å². The number of nitrogens with zero attached hydrogens (tertiary/aromatic N) is 5. The second-order valence-corrected chi connectivity index (χ2v) is 5.39. The number of amides is 1. The van der Waals surface area contributed by atoms with Crippen molar-refractivity contribution in [3.8, 4) is 0 Å². The Hall–Kier alpha value is -2.22. The van der Waals surface area contributed by atoms with Gasteiger partial charge in [0.2, 0.25) is 0 Å². The average Bonchev–Trinajstić information content (AvgIpc) is 2.88. The largest absolute Gasteiger partial charge is 0.384 e. The molecule has 1 amide bonds. The molecule has 0 spiro atoms. The zero-order valence-electron chi connectivity index (χ0n) is 10.7. The van der Waals surface area contributed by atoms with E-state index in [1.807, 2.05) is 6.92 Å². The van der Waals surface area contributed by atoms with Crippen LogP contribution in [0.25, 0.3) is 0 Å². The predicted molar refractivity (Wildman–Crippen MR) is 71.1 cm³/mol. The lowest BCUT2D eigenvalue weighted by atomic mass is 9.81. The number of aromatic nitrogens is 5. The van der Waals surface area contributed by atoms with Crippen LogP contribution >= 0.6 is 11.6 Å². The highest BCUT2D eigenvalue weighted by molar-refractivity contribution is 6.32. The lowest BCUT2D eigenvalue weighted by Gasteiger charge is -2.45. The second kappa shape index (κ2) is 4.41. The molecule has 20 heavy (non-hydrogen) atoms. The van der Waals surface area contributed by atoms with Crippen LogP contribution in [0, 0.1) is 0 Å². The fourth-order valence-electron chi connectivity index (χ4n) is 2.28. The minimum atomic E-state index is -0.281. The van der Waals surface area contributed by atoms with E-state index in [-0.39, 0.29) is 22.3 Å². The van der Waals surface area contributed by atoms with Gasteiger partial charge < -0.3 is 10.6 Å². The van der Waals surface area contributed by atoms with Crippen LogP contribution in [0.15, 0.2) is 12.1 Å². The molecule has 1 saturated heterocycles. The highest BCUT2D eigenvalue weighted by atomic mass is 35.5. The topological polar surface area (TPSA) is 114 Å². The molecule has 104 valence electrons. The summed E-state index contributed by atoms with van der Waals surface area (Å²) in [6.07, 6.45) is 0. The van der Waals surface area contributed by atoms with Crippen molar-refractivity contribution in [3.05, 3.63) is 28.7 Å². The first kappa shape index (κ1) is 12.8. The van der Waals surface area contributed by atoms with E-state index in [1.54, 1.807) is 17.0 Å². The summed E-state index contributed by atoms with van der Waals surface area (Å²) in [5.41, 5.74) is 5.57. The van der Waals surface area contributed by atoms with Gasteiger partial charge in [0.05, 0.1) is 11.0 Å². The molecule has 1 fully saturated rings. The Morgan fingerprint density at radius 2 is 2.25 bits per heavy atom. The van der Waals surface area contributed by atoms with Crippen molar-refractivity contribution >= 4 is 23.3 Å². The Kier molecular flexibility index (Phi) is 2.82. The zero-order chi connectivity index (χ0) is 14.3. The third-order valence-electron chi connectivity index (χ3n) is 3.35. The third kappa shape index (κ3) is 1.97. The van der Waals surface area contributed by atoms with E-state index in [2.05, 4.69) is 25.6 Å². The number of likely N-dealkylation sites (tertiary alicyclic amines) is 1. The number of aromatic amines is 1. The molecule has 2 aromatic rings. The molecular formula is C11H12ClN7O. The molecule has 9 heteroatoms. The van der Waals surface area contributed by atoms with Crippen LogP contribution in [0.1, 0.15) is 23.1 Å². The molecule has 3 N–H and O–H groups in total. The molecule has 0 radical (unpaired) electrons. The van der Waals surface area contributed by atoms with E-state index in [0.717, 1.165) is 0 Å². The number of pyridine rings is 1. The maximum atomic E-state index is 12.3. The molecule has 0 unspecified atom stereocenters. The van der Waals surface area contributed by atoms with Gasteiger partial charge in [-0.3, -0.25) is 4.79 Å². The maximum Gasteiger partial charge on any atom is 0.257 e. The molecule has 3 heterocycles. The van der Waals surface area contributed by atoms with Crippen molar-refractivity contribution in [1.29, 1.82) is 0 Å². The molecule has 1 aliphatic rings. The van der Waals surface area contributed by atoms with Crippen molar-refractivity contribution in [1.82, 2.24) is 30.5 Å². The van der Waals surface area contributed by atoms with Gasteiger partial charge in [-0.05, 0) is 19.1 Å². The fourth-order valence-corrected chi connectivity index (χ4v) is 2.52. The number of anilines is 1. The molecule has 2 aromatic heterocycles. The summed E-state index contributed by atoms with van der Waals surface area (Å²) in [5.74, 6) is 0.707. The van der Waals surface area contributed by atoms with Gasteiger partial charge in [0.1, 0.15) is 11.0 Å². The summed E-state index contributed by atoms with van der Waals surface area (Å²) in [6, 6.07) is 3.13. The summed E-state index contributed by atoms with van der Waals surface area (Å²) in [7, 11) is 0. The van der Waals surface area contributed by atoms with Crippen LogP contribution in [0.2, 0.25) is 5.15 Å². The number of carbonyl (C=O) groups excluding carboxylic acids is 1. The van der Waals surface area contributed by atoms with E-state index < -0.39 is 0 Å². The second-order valence-electron chi connectivity index (χ2n) is 5.03. The molecule has 3 rings (SSSR count). The number of hydrogen-bond donors (Lipinski definition) is 2. The number of tetrazole rings is 1. The maximum absolute atomic E-state index is 12.3. The predicted octanol–water partition coefficient (Wildman–Crippen LogP) is 0.244. The van der Waals surface area contributed by atoms with Crippen LogP contribution in [0.3, 0.4) is 0 Å². The number of halogens is 1. The van der Waals surface area contributed by atoms with Gasteiger partial charge in [-0.25, -0.2) is 4.98 Å². The number of nitrogens with two attached hydrogens (primary N) is 1. The van der Waals surface area contributed by atoms with E-state index >= 15 is 0 Å². The average molecular weight is 294 g/mol. The Balaban J connectivity index is 1.75. The quantitative estimate of drug-likeness (QED) is 0.767. The monoisotopic (exact) mass is 293 g/mol. The summed E-state index contributed by atoms with van der Waals surface area (Å²) < 4.78 is 0. The molecule has 0 aromatic carbocycles. The van der Waals surface area contributed by atoms with Crippen LogP contribution < -0.4 is 5.73 Å². The smallest absolute Gasteiger partial charge is 0.257 e. The molecule has 0 bridgehead atoms. The standard InChI is InChI=1S/C11H12ClN7O/c1-11(10-15-17-18-16-10)4-19(5-11)9(20)6-2-3-7(13)14-8(6)12/h2-3H,4-5H2,1H3,(H2,13,14)(H,15,16,17,18). The Bertz CT molecular complexity index is 651. The van der Waals surface area contributed by atoms with Gasteiger partial charge in [-0.15, -0.1) is 10.2 Å². The summed E-state index contributed by atoms with van der Waals surface area (Å²) in [5, 5.41) is 14.0. The molecule has 0 atom stereocenters. The van der Waals surface area contributed by atoms with Crippen molar-refractivity contribution in [2.24, 2.45) is 0 Å². The van der Waals surface area contributed by atoms with Gasteiger partial charge >= 0.3 is 0 Å². The van der Waals surface area contributed by atoms with Gasteiger partial charge in [-0.1, -0.05) is 16.8 Å². The minimum Gasteiger partial charge on any atom is -0.384 e. The first-order valence-electron chi connectivity index (χ1n) is 5.95. The highest BCUT2D eigenvalue weighted by Crippen LogP contribution is 2.33. The zero-order valence-corrected chi connectivity index (χ0v) is 11.4. The first-order chi connectivity index (χ1) is 9.49. The number of carbonyl (C=O) groups is 1. The fraction of sp³-hybridized carbons (Fsp3) is 0.364. The van der Waals surface area contributed by atoms with Gasteiger partial charge in [0.25, 0.3) is 5.91 Å². The summed E-state index contributed by atoms with van der Waals surface area (Å²) in [6.45, 7) is 2.99. The summed E-state index contributed by atoms with van der Waals surface area (Å²) in [4.78, 5) is 17.9. The highest BCUT2D eigenvalue weighted by Gasteiger charge is 2.46. The Morgan fingerprint density at radius 1 is 1.50 bits per heavy atom. The first-order valence-corrected chi connectivity index (χ1v) is 6.33. The number of rotatable bonds is 2. The van der Waals surface area contributed by atoms with Crippen LogP contribution in [-0.2, 0) is 5.41 Å². The van der Waals surface area contributed by atoms with Crippen LogP contribution in [0.5, 0.6) is 0 Å². The summed E-state index contributed by atoms with van der Waals surface area (Å²) >= 11 is 5.94. The normalized spacial score (nSPS) is 16.8. The molecule has 8 nitrogen and oxygen atoms in total. The third-order valence-corrected chi connectivity index (χ3v) is 3.64. The lowest BCUT2D eigenvalue weighted by Crippen LogP contribution is -2.60.